The molecule has 0 spiro atoms. The second-order valence-corrected chi connectivity index (χ2v) is 11.1. The largest absolute Gasteiger partial charge is 0.331 e. The lowest BCUT2D eigenvalue weighted by Gasteiger charge is -2.52. The van der Waals surface area contributed by atoms with E-state index in [1.54, 1.807) is 0 Å². The minimum Gasteiger partial charge on any atom is -0.331 e. The Labute approximate surface area is 190 Å². The summed E-state index contributed by atoms with van der Waals surface area (Å²) in [6.45, 7) is 7.22. The lowest BCUT2D eigenvalue weighted by molar-refractivity contribution is 0.0280. The molecule has 2 aromatic carbocycles. The van der Waals surface area contributed by atoms with Crippen LogP contribution in [0.2, 0.25) is 5.02 Å². The third kappa shape index (κ3) is 4.01. The highest BCUT2D eigenvalue weighted by Gasteiger charge is 2.50. The summed E-state index contributed by atoms with van der Waals surface area (Å²) >= 11 is 13.8. The van der Waals surface area contributed by atoms with E-state index in [1.807, 2.05) is 35.2 Å². The molecule has 1 aliphatic carbocycles. The number of halogens is 2. The van der Waals surface area contributed by atoms with E-state index in [9.17, 15) is 4.79 Å². The van der Waals surface area contributed by atoms with E-state index in [4.69, 9.17) is 23.2 Å². The van der Waals surface area contributed by atoms with Crippen LogP contribution in [0.1, 0.15) is 80.4 Å². The molecule has 1 saturated carbocycles. The quantitative estimate of drug-likeness (QED) is 0.442. The highest BCUT2D eigenvalue weighted by molar-refractivity contribution is 6.31. The summed E-state index contributed by atoms with van der Waals surface area (Å²) < 4.78 is 0. The maximum atomic E-state index is 13.7. The van der Waals surface area contributed by atoms with Gasteiger partial charge in [-0.05, 0) is 54.0 Å². The second-order valence-electron chi connectivity index (χ2n) is 9.93. The number of fused-ring (bicyclic) bond motifs is 1. The zero-order valence-corrected chi connectivity index (χ0v) is 19.6. The van der Waals surface area contributed by atoms with Crippen molar-refractivity contribution in [3.05, 3.63) is 70.2 Å². The molecule has 2 aliphatic rings. The van der Waals surface area contributed by atoms with E-state index in [2.05, 4.69) is 39.0 Å². The normalized spacial score (nSPS) is 26.9. The summed E-state index contributed by atoms with van der Waals surface area (Å²) in [7, 11) is 0. The Morgan fingerprint density at radius 2 is 1.73 bits per heavy atom. The van der Waals surface area contributed by atoms with Gasteiger partial charge in [-0.2, -0.15) is 0 Å². The van der Waals surface area contributed by atoms with Gasteiger partial charge in [-0.15, -0.1) is 11.6 Å². The fourth-order valence-corrected chi connectivity index (χ4v) is 5.94. The number of carbonyl (C=O) groups is 1. The van der Waals surface area contributed by atoms with Crippen LogP contribution in [0.4, 0.5) is 0 Å². The molecule has 0 radical (unpaired) electrons. The molecule has 2 aromatic rings. The molecule has 3 unspecified atom stereocenters. The average molecular weight is 444 g/mol. The van der Waals surface area contributed by atoms with Crippen LogP contribution in [0, 0.1) is 5.92 Å². The van der Waals surface area contributed by atoms with Crippen LogP contribution in [0.15, 0.2) is 48.5 Å². The molecule has 30 heavy (non-hydrogen) atoms. The van der Waals surface area contributed by atoms with E-state index in [1.165, 1.54) is 5.56 Å². The van der Waals surface area contributed by atoms with Crippen LogP contribution in [0.5, 0.6) is 0 Å². The van der Waals surface area contributed by atoms with Crippen molar-refractivity contribution in [2.45, 2.75) is 69.2 Å². The third-order valence-corrected chi connectivity index (χ3v) is 7.99. The smallest absolute Gasteiger partial charge is 0.254 e. The molecular formula is C26H31Cl2NO. The fourth-order valence-electron chi connectivity index (χ4n) is 5.25. The van der Waals surface area contributed by atoms with E-state index >= 15 is 0 Å². The van der Waals surface area contributed by atoms with Gasteiger partial charge in [-0.3, -0.25) is 4.79 Å². The monoisotopic (exact) mass is 443 g/mol. The zero-order valence-electron chi connectivity index (χ0n) is 18.1. The molecule has 0 aromatic heterocycles. The van der Waals surface area contributed by atoms with Gasteiger partial charge in [0.2, 0.25) is 0 Å². The number of alkyl halides is 1. The molecule has 1 heterocycles. The summed E-state index contributed by atoms with van der Waals surface area (Å²) in [5.41, 5.74) is 3.05. The first kappa shape index (κ1) is 21.7. The minimum atomic E-state index is -0.241. The summed E-state index contributed by atoms with van der Waals surface area (Å²) in [4.78, 5) is 15.5. The standard InChI is InChI=1S/C26H31Cl2NO/c1-25(2,3)19-13-11-18(12-14-19)24(30)29-17-16-26(28)15-7-6-9-21(26)23(29)20-8-4-5-10-22(20)27/h4-5,8,10-14,21,23H,6-7,9,15-17H2,1-3H3. The molecule has 0 N–H and O–H groups in total. The van der Waals surface area contributed by atoms with Gasteiger partial charge in [0.05, 0.1) is 10.9 Å². The molecule has 4 heteroatoms. The van der Waals surface area contributed by atoms with Gasteiger partial charge in [-0.25, -0.2) is 0 Å². The number of carbonyl (C=O) groups excluding carboxylic acids is 1. The SMILES string of the molecule is CC(C)(C)c1ccc(C(=O)N2CCC3(Cl)CCCCC3C2c2ccccc2Cl)cc1. The van der Waals surface area contributed by atoms with Crippen LogP contribution in [0.3, 0.4) is 0 Å². The molecule has 2 fully saturated rings. The Morgan fingerprint density at radius 3 is 2.40 bits per heavy atom. The average Bonchev–Trinajstić information content (AvgIpc) is 2.72. The summed E-state index contributed by atoms with van der Waals surface area (Å²) in [5, 5.41) is 0.717. The molecular weight excluding hydrogens is 413 g/mol. The fraction of sp³-hybridized carbons (Fsp3) is 0.500. The first-order chi connectivity index (χ1) is 14.2. The first-order valence-electron chi connectivity index (χ1n) is 11.1. The maximum absolute atomic E-state index is 13.7. The Bertz CT molecular complexity index is 917. The highest BCUT2D eigenvalue weighted by atomic mass is 35.5. The molecule has 0 bridgehead atoms. The maximum Gasteiger partial charge on any atom is 0.254 e. The van der Waals surface area contributed by atoms with Crippen LogP contribution in [0.25, 0.3) is 0 Å². The Balaban J connectivity index is 1.72. The van der Waals surface area contributed by atoms with E-state index in [-0.39, 0.29) is 28.2 Å². The van der Waals surface area contributed by atoms with Crippen molar-refractivity contribution in [3.8, 4) is 0 Å². The van der Waals surface area contributed by atoms with Crippen molar-refractivity contribution in [2.75, 3.05) is 6.54 Å². The molecule has 3 atom stereocenters. The van der Waals surface area contributed by atoms with Gasteiger partial charge in [0.1, 0.15) is 0 Å². The van der Waals surface area contributed by atoms with E-state index < -0.39 is 0 Å². The van der Waals surface area contributed by atoms with Crippen molar-refractivity contribution >= 4 is 29.1 Å². The molecule has 1 saturated heterocycles. The Hall–Kier alpha value is -1.51. The molecule has 160 valence electrons. The summed E-state index contributed by atoms with van der Waals surface area (Å²) in [6, 6.07) is 15.9. The summed E-state index contributed by atoms with van der Waals surface area (Å²) in [5.74, 6) is 0.295. The number of benzene rings is 2. The number of amides is 1. The second kappa shape index (κ2) is 8.20. The number of nitrogens with zero attached hydrogens (tertiary/aromatic N) is 1. The molecule has 2 nitrogen and oxygen atoms in total. The summed E-state index contributed by atoms with van der Waals surface area (Å²) in [6.07, 6.45) is 5.21. The van der Waals surface area contributed by atoms with Crippen LogP contribution >= 0.6 is 23.2 Å². The number of likely N-dealkylation sites (tertiary alicyclic amines) is 1. The topological polar surface area (TPSA) is 20.3 Å². The number of hydrogen-bond acceptors (Lipinski definition) is 1. The Kier molecular flexibility index (Phi) is 5.94. The minimum absolute atomic E-state index is 0.0626. The molecule has 1 amide bonds. The van der Waals surface area contributed by atoms with Crippen LogP contribution in [-0.2, 0) is 5.41 Å². The van der Waals surface area contributed by atoms with Gasteiger partial charge < -0.3 is 4.90 Å². The van der Waals surface area contributed by atoms with Crippen LogP contribution < -0.4 is 0 Å². The lowest BCUT2D eigenvalue weighted by atomic mass is 9.68. The van der Waals surface area contributed by atoms with Crippen LogP contribution in [-0.4, -0.2) is 22.2 Å². The van der Waals surface area contributed by atoms with E-state index in [0.717, 1.165) is 48.3 Å². The van der Waals surface area contributed by atoms with Crippen molar-refractivity contribution in [1.29, 1.82) is 0 Å². The predicted molar refractivity (Wildman–Crippen MR) is 126 cm³/mol. The third-order valence-electron chi connectivity index (χ3n) is 6.99. The predicted octanol–water partition coefficient (Wildman–Crippen LogP) is 7.39. The van der Waals surface area contributed by atoms with Crippen molar-refractivity contribution in [1.82, 2.24) is 4.90 Å². The van der Waals surface area contributed by atoms with Crippen molar-refractivity contribution in [3.63, 3.8) is 0 Å². The highest BCUT2D eigenvalue weighted by Crippen LogP contribution is 2.53. The van der Waals surface area contributed by atoms with Crippen molar-refractivity contribution < 1.29 is 4.79 Å². The van der Waals surface area contributed by atoms with Gasteiger partial charge in [0.15, 0.2) is 0 Å². The van der Waals surface area contributed by atoms with Gasteiger partial charge in [0.25, 0.3) is 5.91 Å². The molecule has 1 aliphatic heterocycles. The van der Waals surface area contributed by atoms with Crippen molar-refractivity contribution in [2.24, 2.45) is 5.92 Å². The number of piperidine rings is 1. The number of hydrogen-bond donors (Lipinski definition) is 0. The van der Waals surface area contributed by atoms with Gasteiger partial charge in [0, 0.05) is 23.0 Å². The number of rotatable bonds is 2. The molecule has 4 rings (SSSR count). The van der Waals surface area contributed by atoms with E-state index in [0.29, 0.717) is 6.54 Å². The van der Waals surface area contributed by atoms with Gasteiger partial charge in [-0.1, -0.05) is 75.5 Å². The zero-order chi connectivity index (χ0) is 21.5. The Morgan fingerprint density at radius 1 is 1.03 bits per heavy atom. The lowest BCUT2D eigenvalue weighted by Crippen LogP contribution is -2.53. The van der Waals surface area contributed by atoms with Gasteiger partial charge >= 0.3 is 0 Å². The first-order valence-corrected chi connectivity index (χ1v) is 11.8.